The number of amides is 2. The number of carbonyl (C=O) groups excluding carboxylic acids is 2. The van der Waals surface area contributed by atoms with E-state index in [9.17, 15) is 18.0 Å². The number of aryl methyl sites for hydroxylation is 1. The Morgan fingerprint density at radius 3 is 2.44 bits per heavy atom. The first-order chi connectivity index (χ1) is 16.3. The summed E-state index contributed by atoms with van der Waals surface area (Å²) in [6, 6.07) is 18.5. The molecule has 1 heterocycles. The summed E-state index contributed by atoms with van der Waals surface area (Å²) in [5.74, 6) is -0.680. The number of carbonyl (C=O) groups is 2. The highest BCUT2D eigenvalue weighted by molar-refractivity contribution is 7.89. The van der Waals surface area contributed by atoms with Crippen LogP contribution in [0.2, 0.25) is 0 Å². The SMILES string of the molecule is Cc1ccc(NC(=O)CNC(=O)Cc2cccc3ccccc23)cc1S(=O)(=O)N1CCCCC1. The minimum absolute atomic E-state index is 0.164. The third-order valence-electron chi connectivity index (χ3n) is 6.08. The second-order valence-electron chi connectivity index (χ2n) is 8.58. The predicted octanol–water partition coefficient (Wildman–Crippen LogP) is 3.62. The van der Waals surface area contributed by atoms with Crippen LogP contribution >= 0.6 is 0 Å². The topological polar surface area (TPSA) is 95.6 Å². The van der Waals surface area contributed by atoms with Crippen LogP contribution < -0.4 is 10.6 Å². The molecule has 178 valence electrons. The molecular weight excluding hydrogens is 450 g/mol. The highest BCUT2D eigenvalue weighted by Gasteiger charge is 2.27. The number of nitrogens with zero attached hydrogens (tertiary/aromatic N) is 1. The Morgan fingerprint density at radius 1 is 0.912 bits per heavy atom. The van der Waals surface area contributed by atoms with E-state index in [2.05, 4.69) is 10.6 Å². The average molecular weight is 480 g/mol. The zero-order valence-electron chi connectivity index (χ0n) is 19.2. The van der Waals surface area contributed by atoms with Crippen LogP contribution in [-0.2, 0) is 26.0 Å². The molecule has 7 nitrogen and oxygen atoms in total. The van der Waals surface area contributed by atoms with Gasteiger partial charge in [-0.2, -0.15) is 4.31 Å². The molecule has 4 rings (SSSR count). The Balaban J connectivity index is 1.37. The van der Waals surface area contributed by atoms with Crippen molar-refractivity contribution in [2.24, 2.45) is 0 Å². The lowest BCUT2D eigenvalue weighted by Gasteiger charge is -2.26. The number of nitrogens with one attached hydrogen (secondary N) is 2. The molecule has 0 saturated carbocycles. The fourth-order valence-corrected chi connectivity index (χ4v) is 6.03. The summed E-state index contributed by atoms with van der Waals surface area (Å²) in [6.07, 6.45) is 2.91. The van der Waals surface area contributed by atoms with Gasteiger partial charge in [0.25, 0.3) is 0 Å². The molecule has 3 aromatic rings. The number of rotatable bonds is 7. The van der Waals surface area contributed by atoms with Gasteiger partial charge >= 0.3 is 0 Å². The van der Waals surface area contributed by atoms with Crippen molar-refractivity contribution in [3.8, 4) is 0 Å². The van der Waals surface area contributed by atoms with Crippen molar-refractivity contribution >= 4 is 38.3 Å². The lowest BCUT2D eigenvalue weighted by molar-refractivity contribution is -0.123. The molecule has 1 aliphatic heterocycles. The van der Waals surface area contributed by atoms with Gasteiger partial charge in [-0.1, -0.05) is 55.0 Å². The van der Waals surface area contributed by atoms with Gasteiger partial charge in [0, 0.05) is 18.8 Å². The molecule has 0 unspecified atom stereocenters. The van der Waals surface area contributed by atoms with Crippen LogP contribution in [0, 0.1) is 6.92 Å². The third-order valence-corrected chi connectivity index (χ3v) is 8.12. The van der Waals surface area contributed by atoms with Crippen LogP contribution in [0.15, 0.2) is 65.6 Å². The van der Waals surface area contributed by atoms with E-state index < -0.39 is 15.9 Å². The van der Waals surface area contributed by atoms with E-state index in [1.54, 1.807) is 19.1 Å². The number of hydrogen-bond acceptors (Lipinski definition) is 4. The maximum atomic E-state index is 13.1. The van der Waals surface area contributed by atoms with E-state index in [1.165, 1.54) is 10.4 Å². The van der Waals surface area contributed by atoms with Gasteiger partial charge in [0.2, 0.25) is 21.8 Å². The Kier molecular flexibility index (Phi) is 7.29. The van der Waals surface area contributed by atoms with Crippen LogP contribution in [0.1, 0.15) is 30.4 Å². The number of anilines is 1. The van der Waals surface area contributed by atoms with Gasteiger partial charge in [-0.25, -0.2) is 8.42 Å². The van der Waals surface area contributed by atoms with Gasteiger partial charge in [0.05, 0.1) is 17.9 Å². The minimum Gasteiger partial charge on any atom is -0.347 e. The largest absolute Gasteiger partial charge is 0.347 e. The fourth-order valence-electron chi connectivity index (χ4n) is 4.27. The van der Waals surface area contributed by atoms with E-state index >= 15 is 0 Å². The number of fused-ring (bicyclic) bond motifs is 1. The molecule has 0 bridgehead atoms. The summed E-state index contributed by atoms with van der Waals surface area (Å²) >= 11 is 0. The van der Waals surface area contributed by atoms with Crippen molar-refractivity contribution in [2.45, 2.75) is 37.5 Å². The number of sulfonamides is 1. The Bertz CT molecular complexity index is 1310. The van der Waals surface area contributed by atoms with Crippen molar-refractivity contribution in [1.82, 2.24) is 9.62 Å². The molecule has 0 radical (unpaired) electrons. The van der Waals surface area contributed by atoms with Crippen molar-refractivity contribution in [1.29, 1.82) is 0 Å². The van der Waals surface area contributed by atoms with Crippen LogP contribution in [0.5, 0.6) is 0 Å². The Labute approximate surface area is 200 Å². The van der Waals surface area contributed by atoms with Gasteiger partial charge in [0.15, 0.2) is 0 Å². The summed E-state index contributed by atoms with van der Waals surface area (Å²) in [7, 11) is -3.62. The van der Waals surface area contributed by atoms with Crippen LogP contribution in [0.25, 0.3) is 10.8 Å². The normalized spacial score (nSPS) is 14.6. The fraction of sp³-hybridized carbons (Fsp3) is 0.308. The van der Waals surface area contributed by atoms with E-state index in [1.807, 2.05) is 42.5 Å². The van der Waals surface area contributed by atoms with E-state index in [4.69, 9.17) is 0 Å². The second-order valence-corrected chi connectivity index (χ2v) is 10.5. The van der Waals surface area contributed by atoms with Crippen molar-refractivity contribution < 1.29 is 18.0 Å². The highest BCUT2D eigenvalue weighted by Crippen LogP contribution is 2.26. The molecule has 0 atom stereocenters. The lowest BCUT2D eigenvalue weighted by Crippen LogP contribution is -2.36. The van der Waals surface area contributed by atoms with Crippen LogP contribution in [0.4, 0.5) is 5.69 Å². The first-order valence-electron chi connectivity index (χ1n) is 11.5. The summed E-state index contributed by atoms with van der Waals surface area (Å²) < 4.78 is 27.7. The Hall–Kier alpha value is -3.23. The molecular formula is C26H29N3O4S. The van der Waals surface area contributed by atoms with Crippen molar-refractivity contribution in [3.63, 3.8) is 0 Å². The summed E-state index contributed by atoms with van der Waals surface area (Å²) in [5, 5.41) is 7.41. The molecule has 1 aliphatic rings. The standard InChI is InChI=1S/C26H29N3O4S/c1-19-12-13-22(17-24(19)34(32,33)29-14-5-2-6-15-29)28-26(31)18-27-25(30)16-21-10-7-9-20-8-3-4-11-23(20)21/h3-4,7-13,17H,2,5-6,14-16,18H2,1H3,(H,27,30)(H,28,31). The van der Waals surface area contributed by atoms with E-state index in [0.29, 0.717) is 24.3 Å². The Morgan fingerprint density at radius 2 is 1.65 bits per heavy atom. The number of piperidine rings is 1. The molecule has 2 amide bonds. The van der Waals surface area contributed by atoms with Gasteiger partial charge in [-0.3, -0.25) is 9.59 Å². The summed E-state index contributed by atoms with van der Waals surface area (Å²) in [6.45, 7) is 2.57. The van der Waals surface area contributed by atoms with Gasteiger partial charge in [-0.15, -0.1) is 0 Å². The van der Waals surface area contributed by atoms with Crippen molar-refractivity contribution in [2.75, 3.05) is 25.0 Å². The number of hydrogen-bond donors (Lipinski definition) is 2. The maximum absolute atomic E-state index is 13.1. The molecule has 8 heteroatoms. The first kappa shape index (κ1) is 23.9. The third kappa shape index (κ3) is 5.46. The van der Waals surface area contributed by atoms with Gasteiger partial charge in [-0.05, 0) is 53.8 Å². The lowest BCUT2D eigenvalue weighted by atomic mass is 10.0. The zero-order valence-corrected chi connectivity index (χ0v) is 20.0. The van der Waals surface area contributed by atoms with Gasteiger partial charge < -0.3 is 10.6 Å². The van der Waals surface area contributed by atoms with Crippen LogP contribution in [0.3, 0.4) is 0 Å². The molecule has 1 fully saturated rings. The molecule has 0 spiro atoms. The summed E-state index contributed by atoms with van der Waals surface area (Å²) in [5.41, 5.74) is 1.91. The zero-order chi connectivity index (χ0) is 24.1. The number of benzene rings is 3. The molecule has 0 aliphatic carbocycles. The predicted molar refractivity (Wildman–Crippen MR) is 133 cm³/mol. The highest BCUT2D eigenvalue weighted by atomic mass is 32.2. The van der Waals surface area contributed by atoms with Crippen LogP contribution in [-0.4, -0.2) is 44.2 Å². The summed E-state index contributed by atoms with van der Waals surface area (Å²) in [4.78, 5) is 25.1. The monoisotopic (exact) mass is 479 g/mol. The maximum Gasteiger partial charge on any atom is 0.243 e. The smallest absolute Gasteiger partial charge is 0.243 e. The van der Waals surface area contributed by atoms with E-state index in [-0.39, 0.29) is 23.8 Å². The molecule has 34 heavy (non-hydrogen) atoms. The molecule has 1 saturated heterocycles. The first-order valence-corrected chi connectivity index (χ1v) is 12.9. The minimum atomic E-state index is -3.62. The molecule has 0 aromatic heterocycles. The quantitative estimate of drug-likeness (QED) is 0.541. The molecule has 3 aromatic carbocycles. The molecule has 2 N–H and O–H groups in total. The van der Waals surface area contributed by atoms with Crippen molar-refractivity contribution in [3.05, 3.63) is 71.8 Å². The average Bonchev–Trinajstić information content (AvgIpc) is 2.84. The second kappa shape index (κ2) is 10.4. The van der Waals surface area contributed by atoms with Gasteiger partial charge in [0.1, 0.15) is 0 Å². The van der Waals surface area contributed by atoms with E-state index in [0.717, 1.165) is 35.6 Å².